The van der Waals surface area contributed by atoms with Gasteiger partial charge in [0.1, 0.15) is 0 Å². The number of hydrogen-bond donors (Lipinski definition) is 2. The summed E-state index contributed by atoms with van der Waals surface area (Å²) in [6, 6.07) is 6.75. The van der Waals surface area contributed by atoms with E-state index in [0.29, 0.717) is 12.6 Å². The van der Waals surface area contributed by atoms with Crippen LogP contribution in [0, 0.1) is 10.1 Å². The Morgan fingerprint density at radius 2 is 1.95 bits per heavy atom. The van der Waals surface area contributed by atoms with Gasteiger partial charge in [0, 0.05) is 24.7 Å². The van der Waals surface area contributed by atoms with Crippen molar-refractivity contribution in [2.24, 2.45) is 5.73 Å². The molecule has 2 rings (SSSR count). The average Bonchev–Trinajstić information content (AvgIpc) is 2.47. The third-order valence-electron chi connectivity index (χ3n) is 3.72. The van der Waals surface area contributed by atoms with Gasteiger partial charge in [-0.25, -0.2) is 0 Å². The van der Waals surface area contributed by atoms with Crippen LogP contribution in [0.2, 0.25) is 0 Å². The lowest BCUT2D eigenvalue weighted by atomic mass is 10.0. The Balaban J connectivity index is 2.06. The van der Waals surface area contributed by atoms with Crippen LogP contribution < -0.4 is 11.1 Å². The zero-order valence-electron chi connectivity index (χ0n) is 11.8. The lowest BCUT2D eigenvalue weighted by Crippen LogP contribution is -2.46. The van der Waals surface area contributed by atoms with E-state index in [1.54, 1.807) is 12.1 Å². The summed E-state index contributed by atoms with van der Waals surface area (Å²) in [4.78, 5) is 23.6. The highest BCUT2D eigenvalue weighted by molar-refractivity contribution is 5.76. The fourth-order valence-corrected chi connectivity index (χ4v) is 2.64. The second-order valence-electron chi connectivity index (χ2n) is 5.28. The first-order valence-corrected chi connectivity index (χ1v) is 7.02. The van der Waals surface area contributed by atoms with Crippen molar-refractivity contribution >= 4 is 11.6 Å². The van der Waals surface area contributed by atoms with Crippen molar-refractivity contribution in [3.63, 3.8) is 0 Å². The minimum absolute atomic E-state index is 0.0714. The smallest absolute Gasteiger partial charge is 0.269 e. The summed E-state index contributed by atoms with van der Waals surface area (Å²) in [5, 5.41) is 13.9. The number of primary amides is 1. The molecule has 1 amide bonds. The summed E-state index contributed by atoms with van der Waals surface area (Å²) < 4.78 is 0. The molecule has 0 spiro atoms. The molecule has 7 heteroatoms. The second-order valence-corrected chi connectivity index (χ2v) is 5.28. The highest BCUT2D eigenvalue weighted by Gasteiger charge is 2.22. The first-order valence-electron chi connectivity index (χ1n) is 7.02. The Bertz CT molecular complexity index is 497. The maximum Gasteiger partial charge on any atom is 0.269 e. The highest BCUT2D eigenvalue weighted by Crippen LogP contribution is 2.17. The first kappa shape index (κ1) is 15.4. The Morgan fingerprint density at radius 3 is 2.48 bits per heavy atom. The number of carbonyl (C=O) groups excluding carboxylic acids is 1. The van der Waals surface area contributed by atoms with Crippen molar-refractivity contribution in [2.45, 2.75) is 25.4 Å². The molecule has 1 aromatic carbocycles. The van der Waals surface area contributed by atoms with Crippen molar-refractivity contribution in [3.05, 3.63) is 39.9 Å². The van der Waals surface area contributed by atoms with Crippen LogP contribution in [0.15, 0.2) is 24.3 Å². The van der Waals surface area contributed by atoms with Crippen LogP contribution in [-0.2, 0) is 11.3 Å². The molecule has 1 aliphatic heterocycles. The van der Waals surface area contributed by atoms with Crippen molar-refractivity contribution < 1.29 is 9.72 Å². The molecule has 1 heterocycles. The number of nitrogens with zero attached hydrogens (tertiary/aromatic N) is 2. The van der Waals surface area contributed by atoms with Crippen molar-refractivity contribution in [1.82, 2.24) is 10.2 Å². The fraction of sp³-hybridized carbons (Fsp3) is 0.500. The number of benzene rings is 1. The molecule has 114 valence electrons. The molecule has 21 heavy (non-hydrogen) atoms. The van der Waals surface area contributed by atoms with E-state index in [9.17, 15) is 14.9 Å². The Kier molecular flexibility index (Phi) is 5.24. The summed E-state index contributed by atoms with van der Waals surface area (Å²) in [6.07, 6.45) is 1.94. The first-order chi connectivity index (χ1) is 10.1. The Morgan fingerprint density at radius 1 is 1.33 bits per heavy atom. The van der Waals surface area contributed by atoms with Gasteiger partial charge in [-0.3, -0.25) is 19.8 Å². The summed E-state index contributed by atoms with van der Waals surface area (Å²) in [5.41, 5.74) is 6.35. The van der Waals surface area contributed by atoms with Gasteiger partial charge in [0.15, 0.2) is 0 Å². The van der Waals surface area contributed by atoms with E-state index in [-0.39, 0.29) is 18.1 Å². The number of hydrogen-bond acceptors (Lipinski definition) is 5. The van der Waals surface area contributed by atoms with E-state index in [1.165, 1.54) is 12.1 Å². The third kappa shape index (κ3) is 4.51. The SMILES string of the molecule is NC(=O)CN(Cc1ccc([N+](=O)[O-])cc1)C1CCNCC1. The molecule has 0 unspecified atom stereocenters. The average molecular weight is 292 g/mol. The van der Waals surface area contributed by atoms with E-state index >= 15 is 0 Å². The number of nitro benzene ring substituents is 1. The van der Waals surface area contributed by atoms with E-state index in [0.717, 1.165) is 31.5 Å². The zero-order chi connectivity index (χ0) is 15.2. The molecule has 1 aromatic rings. The maximum absolute atomic E-state index is 11.3. The van der Waals surface area contributed by atoms with Gasteiger partial charge < -0.3 is 11.1 Å². The van der Waals surface area contributed by atoms with Gasteiger partial charge in [-0.15, -0.1) is 0 Å². The van der Waals surface area contributed by atoms with Gasteiger partial charge >= 0.3 is 0 Å². The number of non-ortho nitro benzene ring substituents is 1. The number of nitrogens with one attached hydrogen (secondary N) is 1. The zero-order valence-corrected chi connectivity index (χ0v) is 11.8. The monoisotopic (exact) mass is 292 g/mol. The third-order valence-corrected chi connectivity index (χ3v) is 3.72. The molecule has 3 N–H and O–H groups in total. The predicted octanol–water partition coefficient (Wildman–Crippen LogP) is 0.634. The van der Waals surface area contributed by atoms with Crippen LogP contribution >= 0.6 is 0 Å². The predicted molar refractivity (Wildman–Crippen MR) is 78.6 cm³/mol. The molecule has 1 saturated heterocycles. The molecule has 0 radical (unpaired) electrons. The second kappa shape index (κ2) is 7.14. The fourth-order valence-electron chi connectivity index (χ4n) is 2.64. The molecule has 0 bridgehead atoms. The number of rotatable bonds is 6. The minimum atomic E-state index is -0.419. The number of nitrogens with two attached hydrogens (primary N) is 1. The summed E-state index contributed by atoms with van der Waals surface area (Å²) >= 11 is 0. The van der Waals surface area contributed by atoms with Crippen molar-refractivity contribution in [2.75, 3.05) is 19.6 Å². The Hall–Kier alpha value is -1.99. The summed E-state index contributed by atoms with van der Waals surface area (Å²) in [6.45, 7) is 2.65. The van der Waals surface area contributed by atoms with Crippen LogP contribution in [0.25, 0.3) is 0 Å². The number of carbonyl (C=O) groups is 1. The quantitative estimate of drug-likeness (QED) is 0.591. The minimum Gasteiger partial charge on any atom is -0.369 e. The molecule has 0 aromatic heterocycles. The van der Waals surface area contributed by atoms with Crippen molar-refractivity contribution in [3.8, 4) is 0 Å². The van der Waals surface area contributed by atoms with Crippen LogP contribution in [0.5, 0.6) is 0 Å². The van der Waals surface area contributed by atoms with Crippen LogP contribution in [-0.4, -0.2) is 41.4 Å². The Labute approximate surface area is 123 Å². The molecule has 0 aliphatic carbocycles. The van der Waals surface area contributed by atoms with Gasteiger partial charge in [-0.1, -0.05) is 12.1 Å². The van der Waals surface area contributed by atoms with Gasteiger partial charge in [0.25, 0.3) is 5.69 Å². The summed E-state index contributed by atoms with van der Waals surface area (Å²) in [7, 11) is 0. The molecular formula is C14H20N4O3. The standard InChI is InChI=1S/C14H20N4O3/c15-14(19)10-17(12-5-7-16-8-6-12)9-11-1-3-13(4-2-11)18(20)21/h1-4,12,16H,5-10H2,(H2,15,19). The van der Waals surface area contributed by atoms with Gasteiger partial charge in [-0.05, 0) is 31.5 Å². The van der Waals surface area contributed by atoms with Crippen LogP contribution in [0.3, 0.4) is 0 Å². The number of amides is 1. The molecule has 0 atom stereocenters. The maximum atomic E-state index is 11.3. The van der Waals surface area contributed by atoms with Crippen LogP contribution in [0.4, 0.5) is 5.69 Å². The van der Waals surface area contributed by atoms with Gasteiger partial charge in [0.2, 0.25) is 5.91 Å². The highest BCUT2D eigenvalue weighted by atomic mass is 16.6. The summed E-state index contributed by atoms with van der Waals surface area (Å²) in [5.74, 6) is -0.351. The number of nitro groups is 1. The van der Waals surface area contributed by atoms with Gasteiger partial charge in [0.05, 0.1) is 11.5 Å². The van der Waals surface area contributed by atoms with Crippen LogP contribution in [0.1, 0.15) is 18.4 Å². The number of piperidine rings is 1. The van der Waals surface area contributed by atoms with Crippen molar-refractivity contribution in [1.29, 1.82) is 0 Å². The topological polar surface area (TPSA) is 102 Å². The lowest BCUT2D eigenvalue weighted by Gasteiger charge is -2.33. The molecule has 1 fully saturated rings. The van der Waals surface area contributed by atoms with E-state index in [4.69, 9.17) is 5.73 Å². The molecule has 1 aliphatic rings. The molecular weight excluding hydrogens is 272 g/mol. The molecule has 7 nitrogen and oxygen atoms in total. The lowest BCUT2D eigenvalue weighted by molar-refractivity contribution is -0.384. The molecule has 0 saturated carbocycles. The van der Waals surface area contributed by atoms with E-state index in [1.807, 2.05) is 0 Å². The van der Waals surface area contributed by atoms with E-state index in [2.05, 4.69) is 10.2 Å². The van der Waals surface area contributed by atoms with E-state index < -0.39 is 4.92 Å². The largest absolute Gasteiger partial charge is 0.369 e. The van der Waals surface area contributed by atoms with Gasteiger partial charge in [-0.2, -0.15) is 0 Å². The normalized spacial score (nSPS) is 16.0.